The Morgan fingerprint density at radius 3 is 2.88 bits per heavy atom. The third kappa shape index (κ3) is 4.07. The zero-order valence-electron chi connectivity index (χ0n) is 13.2. The molecule has 1 aromatic carbocycles. The van der Waals surface area contributed by atoms with Crippen LogP contribution in [-0.4, -0.2) is 44.6 Å². The summed E-state index contributed by atoms with van der Waals surface area (Å²) in [4.78, 5) is 6.78. The number of benzene rings is 1. The predicted octanol–water partition coefficient (Wildman–Crippen LogP) is 2.74. The lowest BCUT2D eigenvalue weighted by Crippen LogP contribution is -2.35. The molecular formula is C15H18ClN3O3S2. The third-order valence-electron chi connectivity index (χ3n) is 3.77. The zero-order chi connectivity index (χ0) is 17.2. The number of morpholine rings is 1. The molecule has 0 bridgehead atoms. The van der Waals surface area contributed by atoms with E-state index in [0.717, 1.165) is 32.0 Å². The van der Waals surface area contributed by atoms with Gasteiger partial charge in [0.2, 0.25) is 0 Å². The number of hydrogen-bond donors (Lipinski definition) is 1. The number of ether oxygens (including phenoxy) is 1. The van der Waals surface area contributed by atoms with Gasteiger partial charge in [-0.15, -0.1) is 11.3 Å². The second-order valence-corrected chi connectivity index (χ2v) is 8.42. The van der Waals surface area contributed by atoms with Gasteiger partial charge in [0.25, 0.3) is 10.0 Å². The van der Waals surface area contributed by atoms with E-state index in [9.17, 15) is 8.42 Å². The van der Waals surface area contributed by atoms with Crippen molar-refractivity contribution in [2.75, 3.05) is 31.0 Å². The summed E-state index contributed by atoms with van der Waals surface area (Å²) >= 11 is 7.29. The molecule has 0 atom stereocenters. The number of sulfonamides is 1. The summed E-state index contributed by atoms with van der Waals surface area (Å²) in [6.07, 6.45) is 0. The normalized spacial score (nSPS) is 16.2. The lowest BCUT2D eigenvalue weighted by molar-refractivity contribution is 0.0337. The van der Waals surface area contributed by atoms with E-state index < -0.39 is 10.0 Å². The molecule has 2 heterocycles. The van der Waals surface area contributed by atoms with E-state index in [1.807, 2.05) is 5.38 Å². The lowest BCUT2D eigenvalue weighted by Gasteiger charge is -2.25. The highest BCUT2D eigenvalue weighted by Crippen LogP contribution is 2.26. The van der Waals surface area contributed by atoms with Gasteiger partial charge < -0.3 is 4.74 Å². The first-order chi connectivity index (χ1) is 11.5. The van der Waals surface area contributed by atoms with Crippen LogP contribution in [0.25, 0.3) is 0 Å². The first-order valence-electron chi connectivity index (χ1n) is 7.48. The Balaban J connectivity index is 1.72. The number of halogens is 1. The fourth-order valence-electron chi connectivity index (χ4n) is 2.46. The van der Waals surface area contributed by atoms with Crippen molar-refractivity contribution in [3.05, 3.63) is 39.9 Å². The number of hydrogen-bond acceptors (Lipinski definition) is 6. The molecule has 0 aliphatic carbocycles. The number of anilines is 1. The van der Waals surface area contributed by atoms with Crippen LogP contribution in [0, 0.1) is 6.92 Å². The van der Waals surface area contributed by atoms with Crippen molar-refractivity contribution in [1.29, 1.82) is 0 Å². The molecule has 1 saturated heterocycles. The van der Waals surface area contributed by atoms with E-state index in [2.05, 4.69) is 14.6 Å². The van der Waals surface area contributed by atoms with Crippen LogP contribution < -0.4 is 4.72 Å². The second-order valence-electron chi connectivity index (χ2n) is 5.50. The molecule has 1 fully saturated rings. The maximum atomic E-state index is 12.5. The first-order valence-corrected chi connectivity index (χ1v) is 10.2. The van der Waals surface area contributed by atoms with E-state index in [0.29, 0.717) is 22.3 Å². The van der Waals surface area contributed by atoms with E-state index in [4.69, 9.17) is 16.3 Å². The summed E-state index contributed by atoms with van der Waals surface area (Å²) in [5, 5.41) is 2.65. The topological polar surface area (TPSA) is 71.5 Å². The van der Waals surface area contributed by atoms with Crippen molar-refractivity contribution in [3.63, 3.8) is 0 Å². The lowest BCUT2D eigenvalue weighted by atomic mass is 10.2. The number of nitrogens with one attached hydrogen (secondary N) is 1. The van der Waals surface area contributed by atoms with E-state index in [1.54, 1.807) is 19.1 Å². The van der Waals surface area contributed by atoms with Crippen molar-refractivity contribution in [2.45, 2.75) is 18.4 Å². The third-order valence-corrected chi connectivity index (χ3v) is 6.60. The van der Waals surface area contributed by atoms with Crippen LogP contribution in [0.4, 0.5) is 5.13 Å². The van der Waals surface area contributed by atoms with Gasteiger partial charge in [0.1, 0.15) is 0 Å². The molecule has 130 valence electrons. The Bertz CT molecular complexity index is 817. The summed E-state index contributed by atoms with van der Waals surface area (Å²) in [5.41, 5.74) is 1.37. The molecule has 24 heavy (non-hydrogen) atoms. The average Bonchev–Trinajstić information content (AvgIpc) is 2.97. The number of nitrogens with zero attached hydrogens (tertiary/aromatic N) is 2. The molecular weight excluding hydrogens is 370 g/mol. The van der Waals surface area contributed by atoms with E-state index in [-0.39, 0.29) is 4.90 Å². The fourth-order valence-corrected chi connectivity index (χ4v) is 4.92. The van der Waals surface area contributed by atoms with Gasteiger partial charge in [-0.3, -0.25) is 9.62 Å². The summed E-state index contributed by atoms with van der Waals surface area (Å²) < 4.78 is 32.9. The molecule has 1 aliphatic rings. The van der Waals surface area contributed by atoms with Crippen LogP contribution in [0.15, 0.2) is 28.5 Å². The van der Waals surface area contributed by atoms with E-state index >= 15 is 0 Å². The molecule has 0 radical (unpaired) electrons. The molecule has 9 heteroatoms. The van der Waals surface area contributed by atoms with Gasteiger partial charge in [-0.1, -0.05) is 17.7 Å². The molecule has 0 saturated carbocycles. The second kappa shape index (κ2) is 7.37. The molecule has 1 aromatic heterocycles. The van der Waals surface area contributed by atoms with Gasteiger partial charge in [0.15, 0.2) is 5.13 Å². The standard InChI is InChI=1S/C15H18ClN3O3S2/c1-11-13(16)3-2-4-14(11)24(20,21)18-15-17-12(10-23-15)9-19-5-7-22-8-6-19/h2-4,10H,5-9H2,1H3,(H,17,18). The van der Waals surface area contributed by atoms with Crippen molar-refractivity contribution in [2.24, 2.45) is 0 Å². The van der Waals surface area contributed by atoms with Gasteiger partial charge in [-0.25, -0.2) is 13.4 Å². The highest BCUT2D eigenvalue weighted by Gasteiger charge is 2.20. The maximum Gasteiger partial charge on any atom is 0.263 e. The Kier molecular flexibility index (Phi) is 5.41. The SMILES string of the molecule is Cc1c(Cl)cccc1S(=O)(=O)Nc1nc(CN2CCOCC2)cs1. The van der Waals surface area contributed by atoms with Gasteiger partial charge in [-0.05, 0) is 24.6 Å². The van der Waals surface area contributed by atoms with Gasteiger partial charge in [-0.2, -0.15) is 0 Å². The molecule has 3 rings (SSSR count). The zero-order valence-corrected chi connectivity index (χ0v) is 15.5. The first kappa shape index (κ1) is 17.6. The summed E-state index contributed by atoms with van der Waals surface area (Å²) in [7, 11) is -3.71. The van der Waals surface area contributed by atoms with Gasteiger partial charge in [0.05, 0.1) is 23.8 Å². The molecule has 0 unspecified atom stereocenters. The minimum atomic E-state index is -3.71. The molecule has 0 spiro atoms. The summed E-state index contributed by atoms with van der Waals surface area (Å²) in [6.45, 7) is 5.54. The molecule has 1 N–H and O–H groups in total. The maximum absolute atomic E-state index is 12.5. The Labute approximate surface area is 150 Å². The molecule has 6 nitrogen and oxygen atoms in total. The minimum Gasteiger partial charge on any atom is -0.379 e. The highest BCUT2D eigenvalue weighted by molar-refractivity contribution is 7.93. The van der Waals surface area contributed by atoms with E-state index in [1.165, 1.54) is 17.4 Å². The highest BCUT2D eigenvalue weighted by atomic mass is 35.5. The molecule has 2 aromatic rings. The predicted molar refractivity (Wildman–Crippen MR) is 95.2 cm³/mol. The summed E-state index contributed by atoms with van der Waals surface area (Å²) in [5.74, 6) is 0. The fraction of sp³-hybridized carbons (Fsp3) is 0.400. The van der Waals surface area contributed by atoms with Crippen LogP contribution in [0.2, 0.25) is 5.02 Å². The molecule has 1 aliphatic heterocycles. The van der Waals surface area contributed by atoms with Crippen LogP contribution in [0.1, 0.15) is 11.3 Å². The van der Waals surface area contributed by atoms with Crippen molar-refractivity contribution < 1.29 is 13.2 Å². The van der Waals surface area contributed by atoms with Crippen LogP contribution in [0.5, 0.6) is 0 Å². The average molecular weight is 388 g/mol. The Hall–Kier alpha value is -1.19. The number of rotatable bonds is 5. The van der Waals surface area contributed by atoms with Gasteiger partial charge in [0, 0.05) is 30.0 Å². The molecule has 0 amide bonds. The van der Waals surface area contributed by atoms with Crippen LogP contribution in [-0.2, 0) is 21.3 Å². The Morgan fingerprint density at radius 2 is 2.12 bits per heavy atom. The van der Waals surface area contributed by atoms with Crippen LogP contribution in [0.3, 0.4) is 0 Å². The number of thiazole rings is 1. The quantitative estimate of drug-likeness (QED) is 0.854. The van der Waals surface area contributed by atoms with Crippen molar-refractivity contribution >= 4 is 38.1 Å². The minimum absolute atomic E-state index is 0.167. The smallest absolute Gasteiger partial charge is 0.263 e. The largest absolute Gasteiger partial charge is 0.379 e. The van der Waals surface area contributed by atoms with Crippen molar-refractivity contribution in [3.8, 4) is 0 Å². The summed E-state index contributed by atoms with van der Waals surface area (Å²) in [6, 6.07) is 4.82. The number of aromatic nitrogens is 1. The monoisotopic (exact) mass is 387 g/mol. The van der Waals surface area contributed by atoms with Gasteiger partial charge >= 0.3 is 0 Å². The van der Waals surface area contributed by atoms with Crippen molar-refractivity contribution in [1.82, 2.24) is 9.88 Å². The van der Waals surface area contributed by atoms with Crippen LogP contribution >= 0.6 is 22.9 Å². The Morgan fingerprint density at radius 1 is 1.38 bits per heavy atom.